The molecule has 0 spiro atoms. The molecule has 8 heteroatoms. The van der Waals surface area contributed by atoms with Crippen molar-refractivity contribution in [3.63, 3.8) is 0 Å². The minimum absolute atomic E-state index is 0.201. The Hall–Kier alpha value is -1.41. The van der Waals surface area contributed by atoms with E-state index in [1.165, 1.54) is 13.1 Å². The first-order valence-electron chi connectivity index (χ1n) is 3.64. The SMILES string of the molecule is CCS(=O)(=O)O.Nc1ccnc(N)n1. The third-order valence-electron chi connectivity index (χ3n) is 1.06. The molecule has 1 heterocycles. The number of rotatable bonds is 1. The number of hydrogen-bond donors (Lipinski definition) is 3. The third-order valence-corrected chi connectivity index (χ3v) is 1.79. The minimum atomic E-state index is -3.66. The molecule has 0 unspecified atom stereocenters. The van der Waals surface area contributed by atoms with E-state index in [9.17, 15) is 8.42 Å². The van der Waals surface area contributed by atoms with Crippen LogP contribution in [0.15, 0.2) is 12.3 Å². The fraction of sp³-hybridized carbons (Fsp3) is 0.333. The fourth-order valence-corrected chi connectivity index (χ4v) is 0.388. The first-order valence-corrected chi connectivity index (χ1v) is 5.25. The summed E-state index contributed by atoms with van der Waals surface area (Å²) in [7, 11) is -3.66. The van der Waals surface area contributed by atoms with Gasteiger partial charge >= 0.3 is 0 Å². The highest BCUT2D eigenvalue weighted by molar-refractivity contribution is 7.85. The van der Waals surface area contributed by atoms with Crippen LogP contribution in [0.25, 0.3) is 0 Å². The predicted molar refractivity (Wildman–Crippen MR) is 52.9 cm³/mol. The van der Waals surface area contributed by atoms with E-state index in [-0.39, 0.29) is 11.7 Å². The van der Waals surface area contributed by atoms with Gasteiger partial charge in [-0.1, -0.05) is 0 Å². The average Bonchev–Trinajstić information content (AvgIpc) is 2.03. The van der Waals surface area contributed by atoms with E-state index in [0.29, 0.717) is 5.82 Å². The number of nitrogens with zero attached hydrogens (tertiary/aromatic N) is 2. The minimum Gasteiger partial charge on any atom is -0.384 e. The van der Waals surface area contributed by atoms with Crippen molar-refractivity contribution in [2.24, 2.45) is 0 Å². The zero-order valence-electron chi connectivity index (χ0n) is 7.58. The smallest absolute Gasteiger partial charge is 0.264 e. The molecule has 14 heavy (non-hydrogen) atoms. The van der Waals surface area contributed by atoms with Gasteiger partial charge in [0.15, 0.2) is 0 Å². The quantitative estimate of drug-likeness (QED) is 0.545. The van der Waals surface area contributed by atoms with Crippen LogP contribution in [0.5, 0.6) is 0 Å². The van der Waals surface area contributed by atoms with Gasteiger partial charge in [0.1, 0.15) is 5.82 Å². The molecule has 80 valence electrons. The summed E-state index contributed by atoms with van der Waals surface area (Å²) >= 11 is 0. The summed E-state index contributed by atoms with van der Waals surface area (Å²) in [6.45, 7) is 1.37. The Kier molecular flexibility index (Phi) is 4.81. The summed E-state index contributed by atoms with van der Waals surface area (Å²) < 4.78 is 26.9. The molecular weight excluding hydrogens is 208 g/mol. The summed E-state index contributed by atoms with van der Waals surface area (Å²) in [4.78, 5) is 7.24. The van der Waals surface area contributed by atoms with Crippen molar-refractivity contribution >= 4 is 21.9 Å². The van der Waals surface area contributed by atoms with E-state index in [4.69, 9.17) is 16.0 Å². The molecule has 0 aliphatic heterocycles. The highest BCUT2D eigenvalue weighted by Gasteiger charge is 1.93. The molecule has 0 saturated carbocycles. The topological polar surface area (TPSA) is 132 Å². The number of hydrogen-bond acceptors (Lipinski definition) is 6. The summed E-state index contributed by atoms with van der Waals surface area (Å²) in [5, 5.41) is 0. The van der Waals surface area contributed by atoms with E-state index in [1.807, 2.05) is 0 Å². The third kappa shape index (κ3) is 7.25. The molecule has 0 amide bonds. The Labute approximate surface area is 81.9 Å². The molecule has 0 radical (unpaired) electrons. The monoisotopic (exact) mass is 220 g/mol. The lowest BCUT2D eigenvalue weighted by Crippen LogP contribution is -1.97. The Morgan fingerprint density at radius 3 is 2.21 bits per heavy atom. The number of nitrogens with two attached hydrogens (primary N) is 2. The van der Waals surface area contributed by atoms with Gasteiger partial charge in [-0.25, -0.2) is 4.98 Å². The van der Waals surface area contributed by atoms with E-state index in [0.717, 1.165) is 0 Å². The first kappa shape index (κ1) is 12.6. The van der Waals surface area contributed by atoms with Crippen LogP contribution in [0.2, 0.25) is 0 Å². The zero-order valence-corrected chi connectivity index (χ0v) is 8.40. The van der Waals surface area contributed by atoms with Crippen LogP contribution in [0.3, 0.4) is 0 Å². The molecule has 0 saturated heterocycles. The molecule has 0 fully saturated rings. The Bertz CT molecular complexity index is 361. The van der Waals surface area contributed by atoms with Crippen LogP contribution < -0.4 is 11.5 Å². The van der Waals surface area contributed by atoms with Gasteiger partial charge in [-0.2, -0.15) is 13.4 Å². The Balaban J connectivity index is 0.000000255. The molecule has 0 atom stereocenters. The molecule has 0 aliphatic carbocycles. The molecule has 1 aromatic rings. The molecule has 5 N–H and O–H groups in total. The second-order valence-electron chi connectivity index (χ2n) is 2.21. The second-order valence-corrected chi connectivity index (χ2v) is 3.95. The van der Waals surface area contributed by atoms with E-state index in [2.05, 4.69) is 9.97 Å². The number of aromatic nitrogens is 2. The lowest BCUT2D eigenvalue weighted by Gasteiger charge is -1.89. The highest BCUT2D eigenvalue weighted by Crippen LogP contribution is 1.94. The molecule has 1 aromatic heterocycles. The molecular formula is C6H12N4O3S. The summed E-state index contributed by atoms with van der Waals surface area (Å²) in [6.07, 6.45) is 1.51. The Morgan fingerprint density at radius 1 is 1.50 bits per heavy atom. The summed E-state index contributed by atoms with van der Waals surface area (Å²) in [5.74, 6) is 0.412. The maximum Gasteiger partial charge on any atom is 0.264 e. The van der Waals surface area contributed by atoms with Crippen LogP contribution in [0.4, 0.5) is 11.8 Å². The van der Waals surface area contributed by atoms with Crippen molar-refractivity contribution in [1.29, 1.82) is 0 Å². The Morgan fingerprint density at radius 2 is 2.00 bits per heavy atom. The number of anilines is 2. The zero-order chi connectivity index (χ0) is 11.2. The largest absolute Gasteiger partial charge is 0.384 e. The van der Waals surface area contributed by atoms with Crippen molar-refractivity contribution in [3.8, 4) is 0 Å². The van der Waals surface area contributed by atoms with Crippen LogP contribution >= 0.6 is 0 Å². The van der Waals surface area contributed by atoms with Gasteiger partial charge in [0, 0.05) is 6.20 Å². The standard InChI is InChI=1S/C4H6N4.C2H6O3S/c5-3-1-2-7-4(6)8-3;1-2-6(3,4)5/h1-2H,(H4,5,6,7,8);2H2,1H3,(H,3,4,5). The maximum absolute atomic E-state index is 9.56. The van der Waals surface area contributed by atoms with Crippen LogP contribution in [-0.4, -0.2) is 28.7 Å². The normalized spacial score (nSPS) is 10.1. The van der Waals surface area contributed by atoms with Crippen molar-refractivity contribution in [3.05, 3.63) is 12.3 Å². The predicted octanol–water partition coefficient (Wildman–Crippen LogP) is -0.465. The van der Waals surface area contributed by atoms with E-state index < -0.39 is 10.1 Å². The lowest BCUT2D eigenvalue weighted by atomic mass is 10.6. The van der Waals surface area contributed by atoms with E-state index >= 15 is 0 Å². The molecule has 1 rings (SSSR count). The number of nitrogen functional groups attached to an aromatic ring is 2. The van der Waals surface area contributed by atoms with Crippen LogP contribution in [0.1, 0.15) is 6.92 Å². The van der Waals surface area contributed by atoms with Gasteiger partial charge in [0.25, 0.3) is 10.1 Å². The fourth-order valence-electron chi connectivity index (χ4n) is 0.388. The highest BCUT2D eigenvalue weighted by atomic mass is 32.2. The van der Waals surface area contributed by atoms with Gasteiger partial charge in [0.05, 0.1) is 5.75 Å². The average molecular weight is 220 g/mol. The van der Waals surface area contributed by atoms with Gasteiger partial charge in [-0.15, -0.1) is 0 Å². The maximum atomic E-state index is 9.56. The molecule has 7 nitrogen and oxygen atoms in total. The first-order chi connectivity index (χ1) is 6.35. The van der Waals surface area contributed by atoms with E-state index in [1.54, 1.807) is 6.07 Å². The lowest BCUT2D eigenvalue weighted by molar-refractivity contribution is 0.484. The molecule has 0 aliphatic rings. The van der Waals surface area contributed by atoms with Crippen molar-refractivity contribution in [1.82, 2.24) is 9.97 Å². The van der Waals surface area contributed by atoms with Gasteiger partial charge < -0.3 is 11.5 Å². The van der Waals surface area contributed by atoms with Crippen molar-refractivity contribution in [2.45, 2.75) is 6.92 Å². The van der Waals surface area contributed by atoms with Crippen molar-refractivity contribution < 1.29 is 13.0 Å². The summed E-state index contributed by atoms with van der Waals surface area (Å²) in [6, 6.07) is 1.58. The van der Waals surface area contributed by atoms with Gasteiger partial charge in [-0.05, 0) is 13.0 Å². The van der Waals surface area contributed by atoms with Crippen molar-refractivity contribution in [2.75, 3.05) is 17.2 Å². The summed E-state index contributed by atoms with van der Waals surface area (Å²) in [5.41, 5.74) is 10.4. The molecule has 0 aromatic carbocycles. The van der Waals surface area contributed by atoms with Crippen LogP contribution in [-0.2, 0) is 10.1 Å². The second kappa shape index (κ2) is 5.35. The molecule has 0 bridgehead atoms. The van der Waals surface area contributed by atoms with Gasteiger partial charge in [0.2, 0.25) is 5.95 Å². The van der Waals surface area contributed by atoms with Crippen LogP contribution in [0, 0.1) is 0 Å². The van der Waals surface area contributed by atoms with Gasteiger partial charge in [-0.3, -0.25) is 4.55 Å².